The first kappa shape index (κ1) is 14.6. The average Bonchev–Trinajstić information content (AvgIpc) is 2.47. The Bertz CT molecular complexity index is 681. The second kappa shape index (κ2) is 6.09. The highest BCUT2D eigenvalue weighted by Gasteiger charge is 2.16. The molecule has 0 fully saturated rings. The predicted octanol–water partition coefficient (Wildman–Crippen LogP) is 2.35. The van der Waals surface area contributed by atoms with Crippen LogP contribution in [0.3, 0.4) is 0 Å². The van der Waals surface area contributed by atoms with E-state index in [-0.39, 0.29) is 17.2 Å². The number of hydrogen-bond acceptors (Lipinski definition) is 3. The van der Waals surface area contributed by atoms with Gasteiger partial charge in [0, 0.05) is 14.1 Å². The second-order valence-corrected chi connectivity index (χ2v) is 4.72. The van der Waals surface area contributed by atoms with E-state index in [0.717, 1.165) is 0 Å². The lowest BCUT2D eigenvalue weighted by molar-refractivity contribution is 0.0828. The van der Waals surface area contributed by atoms with Crippen LogP contribution in [0.2, 0.25) is 0 Å². The minimum Gasteiger partial charge on any atom is -0.507 e. The lowest BCUT2D eigenvalue weighted by Crippen LogP contribution is -2.24. The average molecular weight is 284 g/mol. The number of nitrogens with one attached hydrogen (secondary N) is 1. The van der Waals surface area contributed by atoms with Gasteiger partial charge < -0.3 is 15.3 Å². The van der Waals surface area contributed by atoms with Crippen LogP contribution < -0.4 is 5.32 Å². The van der Waals surface area contributed by atoms with Gasteiger partial charge in [0.15, 0.2) is 0 Å². The first-order chi connectivity index (χ1) is 10.0. The highest BCUT2D eigenvalue weighted by molar-refractivity contribution is 6.10. The molecule has 0 atom stereocenters. The van der Waals surface area contributed by atoms with Crippen LogP contribution in [0, 0.1) is 0 Å². The Hall–Kier alpha value is -2.82. The zero-order valence-corrected chi connectivity index (χ0v) is 11.8. The van der Waals surface area contributed by atoms with Crippen LogP contribution in [0.1, 0.15) is 20.7 Å². The van der Waals surface area contributed by atoms with Crippen molar-refractivity contribution < 1.29 is 14.7 Å². The summed E-state index contributed by atoms with van der Waals surface area (Å²) in [6.07, 6.45) is 0. The van der Waals surface area contributed by atoms with Gasteiger partial charge in [-0.1, -0.05) is 24.3 Å². The van der Waals surface area contributed by atoms with Crippen LogP contribution in [0.4, 0.5) is 5.69 Å². The molecular formula is C16H16N2O3. The first-order valence-corrected chi connectivity index (χ1v) is 6.40. The molecule has 0 saturated carbocycles. The quantitative estimate of drug-likeness (QED) is 0.909. The fourth-order valence-electron chi connectivity index (χ4n) is 1.87. The van der Waals surface area contributed by atoms with Crippen molar-refractivity contribution in [3.05, 3.63) is 59.7 Å². The molecule has 21 heavy (non-hydrogen) atoms. The monoisotopic (exact) mass is 284 g/mol. The summed E-state index contributed by atoms with van der Waals surface area (Å²) in [5.74, 6) is -0.776. The van der Waals surface area contributed by atoms with Gasteiger partial charge in [-0.05, 0) is 24.3 Å². The van der Waals surface area contributed by atoms with Crippen LogP contribution >= 0.6 is 0 Å². The largest absolute Gasteiger partial charge is 0.507 e. The van der Waals surface area contributed by atoms with E-state index < -0.39 is 5.91 Å². The maximum atomic E-state index is 12.2. The van der Waals surface area contributed by atoms with Gasteiger partial charge in [0.2, 0.25) is 0 Å². The van der Waals surface area contributed by atoms with Gasteiger partial charge in [0.1, 0.15) is 5.75 Å². The van der Waals surface area contributed by atoms with Crippen molar-refractivity contribution >= 4 is 17.5 Å². The summed E-state index contributed by atoms with van der Waals surface area (Å²) in [4.78, 5) is 25.7. The molecule has 2 amide bonds. The smallest absolute Gasteiger partial charge is 0.259 e. The zero-order valence-electron chi connectivity index (χ0n) is 11.8. The van der Waals surface area contributed by atoms with Gasteiger partial charge in [-0.2, -0.15) is 0 Å². The molecule has 0 unspecified atom stereocenters. The minimum absolute atomic E-state index is 0.105. The van der Waals surface area contributed by atoms with E-state index in [1.807, 2.05) is 0 Å². The van der Waals surface area contributed by atoms with Crippen molar-refractivity contribution in [2.75, 3.05) is 19.4 Å². The van der Waals surface area contributed by atoms with Crippen LogP contribution in [-0.4, -0.2) is 35.9 Å². The summed E-state index contributed by atoms with van der Waals surface area (Å²) in [5, 5.41) is 12.3. The zero-order chi connectivity index (χ0) is 15.4. The summed E-state index contributed by atoms with van der Waals surface area (Å²) in [6, 6.07) is 13.0. The molecule has 0 spiro atoms. The van der Waals surface area contributed by atoms with E-state index >= 15 is 0 Å². The summed E-state index contributed by atoms with van der Waals surface area (Å²) in [7, 11) is 3.29. The maximum absolute atomic E-state index is 12.2. The SMILES string of the molecule is CN(C)C(=O)c1ccccc1NC(=O)c1ccccc1O. The van der Waals surface area contributed by atoms with E-state index in [2.05, 4.69) is 5.32 Å². The lowest BCUT2D eigenvalue weighted by Gasteiger charge is -2.15. The van der Waals surface area contributed by atoms with Crippen LogP contribution in [0.15, 0.2) is 48.5 Å². The number of phenolic OH excluding ortho intramolecular Hbond substituents is 1. The number of phenols is 1. The summed E-state index contributed by atoms with van der Waals surface area (Å²) >= 11 is 0. The molecule has 2 N–H and O–H groups in total. The highest BCUT2D eigenvalue weighted by Crippen LogP contribution is 2.20. The van der Waals surface area contributed by atoms with Crippen molar-refractivity contribution in [3.63, 3.8) is 0 Å². The van der Waals surface area contributed by atoms with Crippen LogP contribution in [-0.2, 0) is 0 Å². The molecule has 0 saturated heterocycles. The summed E-state index contributed by atoms with van der Waals surface area (Å²) in [6.45, 7) is 0. The molecule has 108 valence electrons. The second-order valence-electron chi connectivity index (χ2n) is 4.72. The Morgan fingerprint density at radius 2 is 1.52 bits per heavy atom. The predicted molar refractivity (Wildman–Crippen MR) is 80.5 cm³/mol. The van der Waals surface area contributed by atoms with Crippen molar-refractivity contribution in [1.82, 2.24) is 4.90 Å². The number of nitrogens with zero attached hydrogens (tertiary/aromatic N) is 1. The van der Waals surface area contributed by atoms with Gasteiger partial charge >= 0.3 is 0 Å². The molecule has 2 rings (SSSR count). The normalized spacial score (nSPS) is 10.0. The van der Waals surface area contributed by atoms with Gasteiger partial charge in [-0.15, -0.1) is 0 Å². The molecule has 5 nitrogen and oxygen atoms in total. The van der Waals surface area contributed by atoms with Crippen molar-refractivity contribution in [2.45, 2.75) is 0 Å². The Balaban J connectivity index is 2.30. The molecule has 0 aliphatic heterocycles. The van der Waals surface area contributed by atoms with Gasteiger partial charge in [-0.3, -0.25) is 9.59 Å². The molecule has 5 heteroatoms. The number of para-hydroxylation sites is 2. The fraction of sp³-hybridized carbons (Fsp3) is 0.125. The van der Waals surface area contributed by atoms with E-state index in [1.165, 1.54) is 17.0 Å². The highest BCUT2D eigenvalue weighted by atomic mass is 16.3. The number of aromatic hydroxyl groups is 1. The number of anilines is 1. The number of benzene rings is 2. The number of carbonyl (C=O) groups is 2. The summed E-state index contributed by atoms with van der Waals surface area (Å²) < 4.78 is 0. The lowest BCUT2D eigenvalue weighted by atomic mass is 10.1. The molecular weight excluding hydrogens is 268 g/mol. The molecule has 0 aliphatic rings. The Morgan fingerprint density at radius 1 is 0.952 bits per heavy atom. The molecule has 2 aromatic rings. The third-order valence-electron chi connectivity index (χ3n) is 2.96. The number of hydrogen-bond donors (Lipinski definition) is 2. The summed E-state index contributed by atoms with van der Waals surface area (Å²) in [5.41, 5.74) is 0.959. The molecule has 0 bridgehead atoms. The molecule has 0 aromatic heterocycles. The molecule has 0 aliphatic carbocycles. The molecule has 0 heterocycles. The van der Waals surface area contributed by atoms with Crippen molar-refractivity contribution in [3.8, 4) is 5.75 Å². The molecule has 2 aromatic carbocycles. The third kappa shape index (κ3) is 3.20. The van der Waals surface area contributed by atoms with E-state index in [4.69, 9.17) is 0 Å². The number of rotatable bonds is 3. The number of carbonyl (C=O) groups excluding carboxylic acids is 2. The Kier molecular flexibility index (Phi) is 4.23. The Morgan fingerprint density at radius 3 is 2.14 bits per heavy atom. The molecule has 0 radical (unpaired) electrons. The number of amides is 2. The van der Waals surface area contributed by atoms with Crippen LogP contribution in [0.25, 0.3) is 0 Å². The topological polar surface area (TPSA) is 69.6 Å². The maximum Gasteiger partial charge on any atom is 0.259 e. The standard InChI is InChI=1S/C16H16N2O3/c1-18(2)16(21)11-7-3-5-9-13(11)17-15(20)12-8-4-6-10-14(12)19/h3-10,19H,1-2H3,(H,17,20). The Labute approximate surface area is 122 Å². The minimum atomic E-state index is -0.466. The van der Waals surface area contributed by atoms with Crippen LogP contribution in [0.5, 0.6) is 5.75 Å². The van der Waals surface area contributed by atoms with Gasteiger partial charge in [0.25, 0.3) is 11.8 Å². The van der Waals surface area contributed by atoms with E-state index in [9.17, 15) is 14.7 Å². The fourth-order valence-corrected chi connectivity index (χ4v) is 1.87. The van der Waals surface area contributed by atoms with E-state index in [1.54, 1.807) is 50.5 Å². The van der Waals surface area contributed by atoms with Crippen molar-refractivity contribution in [2.24, 2.45) is 0 Å². The first-order valence-electron chi connectivity index (χ1n) is 6.40. The van der Waals surface area contributed by atoms with Crippen molar-refractivity contribution in [1.29, 1.82) is 0 Å². The third-order valence-corrected chi connectivity index (χ3v) is 2.96. The van der Waals surface area contributed by atoms with Gasteiger partial charge in [0.05, 0.1) is 16.8 Å². The van der Waals surface area contributed by atoms with Gasteiger partial charge in [-0.25, -0.2) is 0 Å². The van der Waals surface area contributed by atoms with E-state index in [0.29, 0.717) is 11.3 Å².